The molecular weight excluding hydrogens is 358 g/mol. The minimum Gasteiger partial charge on any atom is -0.320 e. The molecule has 0 unspecified atom stereocenters. The lowest BCUT2D eigenvalue weighted by molar-refractivity contribution is 0.206. The van der Waals surface area contributed by atoms with E-state index in [9.17, 15) is 4.79 Å². The Bertz CT molecular complexity index is 877. The Balaban J connectivity index is 1.58. The Morgan fingerprint density at radius 1 is 1.30 bits per heavy atom. The minimum atomic E-state index is -0.0896. The van der Waals surface area contributed by atoms with E-state index in [1.54, 1.807) is 4.90 Å². The Morgan fingerprint density at radius 2 is 2.13 bits per heavy atom. The lowest BCUT2D eigenvalue weighted by atomic mass is 9.99. The van der Waals surface area contributed by atoms with E-state index in [1.165, 1.54) is 5.56 Å². The largest absolute Gasteiger partial charge is 0.322 e. The molecule has 1 aromatic carbocycles. The number of pyridine rings is 1. The molecule has 0 aliphatic carbocycles. The van der Waals surface area contributed by atoms with Crippen molar-refractivity contribution in [1.82, 2.24) is 20.1 Å². The molecule has 0 atom stereocenters. The van der Waals surface area contributed by atoms with Crippen LogP contribution in [0.5, 0.6) is 0 Å². The van der Waals surface area contributed by atoms with E-state index >= 15 is 0 Å². The third-order valence-corrected chi connectivity index (χ3v) is 4.62. The van der Waals surface area contributed by atoms with Gasteiger partial charge in [-0.2, -0.15) is 5.10 Å². The van der Waals surface area contributed by atoms with Gasteiger partial charge in [0.25, 0.3) is 0 Å². The zero-order valence-electron chi connectivity index (χ0n) is 12.2. The fraction of sp³-hybridized carbons (Fsp3) is 0.188. The van der Waals surface area contributed by atoms with Gasteiger partial charge in [-0.1, -0.05) is 18.2 Å². The highest BCUT2D eigenvalue weighted by molar-refractivity contribution is 9.10. The molecule has 3 aromatic rings. The molecule has 23 heavy (non-hydrogen) atoms. The Kier molecular flexibility index (Phi) is 3.49. The lowest BCUT2D eigenvalue weighted by Crippen LogP contribution is -2.39. The van der Waals surface area contributed by atoms with Crippen molar-refractivity contribution in [2.45, 2.75) is 13.0 Å². The number of benzene rings is 1. The first-order valence-corrected chi connectivity index (χ1v) is 8.13. The van der Waals surface area contributed by atoms with Crippen LogP contribution < -0.4 is 5.32 Å². The summed E-state index contributed by atoms with van der Waals surface area (Å²) in [5.41, 5.74) is 3.85. The van der Waals surface area contributed by atoms with Crippen molar-refractivity contribution >= 4 is 38.7 Å². The van der Waals surface area contributed by atoms with E-state index in [2.05, 4.69) is 36.4 Å². The molecule has 2 aromatic heterocycles. The number of fused-ring (bicyclic) bond motifs is 3. The minimum absolute atomic E-state index is 0.0896. The fourth-order valence-corrected chi connectivity index (χ4v) is 3.42. The van der Waals surface area contributed by atoms with Crippen LogP contribution in [0.3, 0.4) is 0 Å². The zero-order chi connectivity index (χ0) is 15.8. The highest BCUT2D eigenvalue weighted by Crippen LogP contribution is 2.29. The fourth-order valence-electron chi connectivity index (χ4n) is 2.90. The number of anilines is 1. The molecule has 0 spiro atoms. The van der Waals surface area contributed by atoms with Crippen molar-refractivity contribution in [3.63, 3.8) is 0 Å². The van der Waals surface area contributed by atoms with Crippen molar-refractivity contribution in [2.75, 3.05) is 11.9 Å². The second kappa shape index (κ2) is 5.66. The summed E-state index contributed by atoms with van der Waals surface area (Å²) < 4.78 is 0.777. The molecule has 6 nitrogen and oxygen atoms in total. The normalized spacial score (nSPS) is 13.9. The van der Waals surface area contributed by atoms with Gasteiger partial charge in [-0.25, -0.2) is 9.78 Å². The van der Waals surface area contributed by atoms with Gasteiger partial charge in [-0.3, -0.25) is 5.10 Å². The van der Waals surface area contributed by atoms with Gasteiger partial charge in [-0.15, -0.1) is 0 Å². The van der Waals surface area contributed by atoms with Gasteiger partial charge in [0.2, 0.25) is 0 Å². The summed E-state index contributed by atoms with van der Waals surface area (Å²) in [6.45, 7) is 1.22. The van der Waals surface area contributed by atoms with E-state index in [0.29, 0.717) is 13.1 Å². The van der Waals surface area contributed by atoms with E-state index < -0.39 is 0 Å². The maximum atomic E-state index is 12.4. The average Bonchev–Trinajstić information content (AvgIpc) is 2.97. The highest BCUT2D eigenvalue weighted by Gasteiger charge is 2.24. The van der Waals surface area contributed by atoms with Gasteiger partial charge in [0.1, 0.15) is 4.60 Å². The van der Waals surface area contributed by atoms with Crippen LogP contribution in [0.2, 0.25) is 0 Å². The molecule has 2 N–H and O–H groups in total. The first kappa shape index (κ1) is 14.2. The molecule has 116 valence electrons. The summed E-state index contributed by atoms with van der Waals surface area (Å²) >= 11 is 3.46. The van der Waals surface area contributed by atoms with E-state index in [0.717, 1.165) is 33.3 Å². The van der Waals surface area contributed by atoms with Crippen LogP contribution in [0, 0.1) is 0 Å². The summed E-state index contributed by atoms with van der Waals surface area (Å²) in [5, 5.41) is 11.0. The first-order chi connectivity index (χ1) is 11.2. The topological polar surface area (TPSA) is 73.9 Å². The maximum absolute atomic E-state index is 12.4. The third kappa shape index (κ3) is 2.57. The quantitative estimate of drug-likeness (QED) is 0.688. The predicted molar refractivity (Wildman–Crippen MR) is 91.2 cm³/mol. The number of amides is 2. The molecule has 0 saturated carbocycles. The van der Waals surface area contributed by atoms with Crippen LogP contribution in [0.4, 0.5) is 10.5 Å². The SMILES string of the molecule is O=C(Nc1ccccc1)N1CCc2c(cnc3[nH]nc(Br)c23)C1. The number of halogens is 1. The molecule has 2 amide bonds. The van der Waals surface area contributed by atoms with Crippen LogP contribution in [0.15, 0.2) is 41.1 Å². The number of para-hydroxylation sites is 1. The van der Waals surface area contributed by atoms with E-state index in [-0.39, 0.29) is 6.03 Å². The summed E-state index contributed by atoms with van der Waals surface area (Å²) in [4.78, 5) is 18.6. The van der Waals surface area contributed by atoms with Crippen LogP contribution in [0.25, 0.3) is 11.0 Å². The zero-order valence-corrected chi connectivity index (χ0v) is 13.8. The van der Waals surface area contributed by atoms with Crippen LogP contribution in [0.1, 0.15) is 11.1 Å². The van der Waals surface area contributed by atoms with Crippen molar-refractivity contribution < 1.29 is 4.79 Å². The number of aromatic amines is 1. The average molecular weight is 372 g/mol. The maximum Gasteiger partial charge on any atom is 0.322 e. The molecule has 0 radical (unpaired) electrons. The van der Waals surface area contributed by atoms with Crippen LogP contribution in [-0.2, 0) is 13.0 Å². The highest BCUT2D eigenvalue weighted by atomic mass is 79.9. The second-order valence-electron chi connectivity index (χ2n) is 5.47. The van der Waals surface area contributed by atoms with E-state index in [1.807, 2.05) is 36.5 Å². The number of carbonyl (C=O) groups excluding carboxylic acids is 1. The Labute approximate surface area is 141 Å². The Hall–Kier alpha value is -2.41. The third-order valence-electron chi connectivity index (χ3n) is 4.05. The van der Waals surface area contributed by atoms with E-state index in [4.69, 9.17) is 0 Å². The number of rotatable bonds is 1. The molecule has 0 saturated heterocycles. The molecule has 4 rings (SSSR count). The number of nitrogens with zero attached hydrogens (tertiary/aromatic N) is 3. The van der Waals surface area contributed by atoms with Gasteiger partial charge in [0.05, 0.1) is 5.39 Å². The van der Waals surface area contributed by atoms with Gasteiger partial charge in [0.15, 0.2) is 5.65 Å². The Morgan fingerprint density at radius 3 is 2.96 bits per heavy atom. The first-order valence-electron chi connectivity index (χ1n) is 7.33. The summed E-state index contributed by atoms with van der Waals surface area (Å²) in [6.07, 6.45) is 2.61. The molecule has 1 aliphatic heterocycles. The molecule has 7 heteroatoms. The number of hydrogen-bond acceptors (Lipinski definition) is 3. The molecular formula is C16H14BrN5O. The molecule has 1 aliphatic rings. The smallest absolute Gasteiger partial charge is 0.320 e. The molecule has 0 bridgehead atoms. The number of urea groups is 1. The number of hydrogen-bond donors (Lipinski definition) is 2. The predicted octanol–water partition coefficient (Wildman–Crippen LogP) is 3.31. The van der Waals surface area contributed by atoms with Crippen molar-refractivity contribution in [3.05, 3.63) is 52.3 Å². The van der Waals surface area contributed by atoms with Crippen LogP contribution in [-0.4, -0.2) is 32.7 Å². The van der Waals surface area contributed by atoms with Crippen molar-refractivity contribution in [3.8, 4) is 0 Å². The summed E-state index contributed by atoms with van der Waals surface area (Å²) in [7, 11) is 0. The number of H-pyrrole nitrogens is 1. The monoisotopic (exact) mass is 371 g/mol. The molecule has 0 fully saturated rings. The lowest BCUT2D eigenvalue weighted by Gasteiger charge is -2.29. The molecule has 3 heterocycles. The standard InChI is InChI=1S/C16H14BrN5O/c17-14-13-12-6-7-22(9-10(12)8-18-15(13)21-20-14)16(23)19-11-4-2-1-3-5-11/h1-5,8H,6-7,9H2,(H,19,23)(H,18,20,21). The van der Waals surface area contributed by atoms with Gasteiger partial charge in [-0.05, 0) is 45.6 Å². The second-order valence-corrected chi connectivity index (χ2v) is 6.22. The van der Waals surface area contributed by atoms with Gasteiger partial charge >= 0.3 is 6.03 Å². The van der Waals surface area contributed by atoms with Crippen molar-refractivity contribution in [1.29, 1.82) is 0 Å². The number of aromatic nitrogens is 3. The van der Waals surface area contributed by atoms with Crippen LogP contribution >= 0.6 is 15.9 Å². The van der Waals surface area contributed by atoms with Crippen molar-refractivity contribution in [2.24, 2.45) is 0 Å². The van der Waals surface area contributed by atoms with Gasteiger partial charge < -0.3 is 10.2 Å². The van der Waals surface area contributed by atoms with Gasteiger partial charge in [0, 0.05) is 25.0 Å². The number of carbonyl (C=O) groups is 1. The number of nitrogens with one attached hydrogen (secondary N) is 2. The summed E-state index contributed by atoms with van der Waals surface area (Å²) in [5.74, 6) is 0. The summed E-state index contributed by atoms with van der Waals surface area (Å²) in [6, 6.07) is 9.39.